The van der Waals surface area contributed by atoms with Crippen molar-refractivity contribution < 1.29 is 40.3 Å². The number of anilines is 1. The molecule has 5 nitrogen and oxygen atoms in total. The van der Waals surface area contributed by atoms with E-state index in [9.17, 15) is 35.5 Å². The molecule has 0 atom stereocenters. The van der Waals surface area contributed by atoms with Crippen molar-refractivity contribution in [3.05, 3.63) is 77.1 Å². The normalized spacial score (nSPS) is 11.5. The lowest BCUT2D eigenvalue weighted by Crippen LogP contribution is -2.19. The number of benzene rings is 2. The van der Waals surface area contributed by atoms with Gasteiger partial charge in [0.05, 0.1) is 18.4 Å². The van der Waals surface area contributed by atoms with Gasteiger partial charge in [0.1, 0.15) is 11.6 Å². The molecule has 0 saturated heterocycles. The second kappa shape index (κ2) is 8.66. The van der Waals surface area contributed by atoms with E-state index in [1.165, 1.54) is 24.4 Å². The van der Waals surface area contributed by atoms with Crippen LogP contribution in [0.4, 0.5) is 36.4 Å². The number of hydrogen-bond donors (Lipinski definition) is 1. The van der Waals surface area contributed by atoms with Crippen LogP contribution < -0.4 is 10.1 Å². The van der Waals surface area contributed by atoms with E-state index in [1.54, 1.807) is 0 Å². The fourth-order valence-corrected chi connectivity index (χ4v) is 2.52. The molecule has 0 spiro atoms. The van der Waals surface area contributed by atoms with Crippen LogP contribution in [0.2, 0.25) is 0 Å². The van der Waals surface area contributed by atoms with Crippen LogP contribution in [0, 0.1) is 23.3 Å². The lowest BCUT2D eigenvalue weighted by atomic mass is 10.2. The molecule has 0 aliphatic carbocycles. The van der Waals surface area contributed by atoms with Crippen molar-refractivity contribution in [1.82, 2.24) is 9.78 Å². The van der Waals surface area contributed by atoms with Crippen molar-refractivity contribution in [3.63, 3.8) is 0 Å². The van der Waals surface area contributed by atoms with Crippen LogP contribution in [0.15, 0.2) is 42.7 Å². The zero-order valence-electron chi connectivity index (χ0n) is 15.3. The molecule has 0 radical (unpaired) electrons. The minimum atomic E-state index is -4.54. The smallest absolute Gasteiger partial charge is 0.422 e. The van der Waals surface area contributed by atoms with Crippen LogP contribution in [-0.4, -0.2) is 28.5 Å². The summed E-state index contributed by atoms with van der Waals surface area (Å²) in [6.45, 7) is -2.12. The number of carbonyl (C=O) groups is 1. The van der Waals surface area contributed by atoms with Gasteiger partial charge < -0.3 is 10.1 Å². The lowest BCUT2D eigenvalue weighted by Gasteiger charge is -2.10. The maximum absolute atomic E-state index is 13.8. The molecule has 3 rings (SSSR count). The Bertz CT molecular complexity index is 1110. The highest BCUT2D eigenvalue weighted by atomic mass is 19.4. The number of nitrogens with zero attached hydrogens (tertiary/aromatic N) is 2. The molecule has 31 heavy (non-hydrogen) atoms. The third-order valence-electron chi connectivity index (χ3n) is 3.92. The zero-order chi connectivity index (χ0) is 22.8. The molecule has 1 amide bonds. The second-order valence-electron chi connectivity index (χ2n) is 6.26. The Balaban J connectivity index is 1.69. The van der Waals surface area contributed by atoms with Crippen molar-refractivity contribution in [2.75, 3.05) is 11.9 Å². The second-order valence-corrected chi connectivity index (χ2v) is 6.26. The highest BCUT2D eigenvalue weighted by Gasteiger charge is 2.28. The first-order valence-electron chi connectivity index (χ1n) is 8.49. The summed E-state index contributed by atoms with van der Waals surface area (Å²) < 4.78 is 96.1. The summed E-state index contributed by atoms with van der Waals surface area (Å²) in [6.07, 6.45) is -2.25. The molecule has 164 valence electrons. The number of amides is 1. The third kappa shape index (κ3) is 5.53. The van der Waals surface area contributed by atoms with Gasteiger partial charge in [0.2, 0.25) is 0 Å². The Hall–Kier alpha value is -3.57. The number of alkyl halides is 3. The molecule has 0 saturated carbocycles. The molecule has 0 unspecified atom stereocenters. The van der Waals surface area contributed by atoms with Gasteiger partial charge in [-0.1, -0.05) is 6.07 Å². The van der Waals surface area contributed by atoms with Crippen LogP contribution >= 0.6 is 0 Å². The van der Waals surface area contributed by atoms with E-state index in [0.29, 0.717) is 0 Å². The minimum Gasteiger partial charge on any atom is -0.484 e. The molecule has 0 aliphatic rings. The first kappa shape index (κ1) is 22.1. The number of ether oxygens (including phenoxy) is 1. The van der Waals surface area contributed by atoms with Gasteiger partial charge in [-0.05, 0) is 18.2 Å². The number of rotatable bonds is 6. The number of nitrogens with one attached hydrogen (secondary N) is 1. The SMILES string of the molecule is O=C(Nc1cnn(Cc2c(F)cc(F)c(F)c2F)c1)c1cccc(OCC(F)(F)F)c1. The largest absolute Gasteiger partial charge is 0.484 e. The van der Waals surface area contributed by atoms with E-state index in [1.807, 2.05) is 0 Å². The Labute approximate surface area is 170 Å². The number of carbonyl (C=O) groups excluding carboxylic acids is 1. The molecule has 0 bridgehead atoms. The summed E-state index contributed by atoms with van der Waals surface area (Å²) in [7, 11) is 0. The van der Waals surface area contributed by atoms with Gasteiger partial charge in [0.25, 0.3) is 5.91 Å². The third-order valence-corrected chi connectivity index (χ3v) is 3.92. The van der Waals surface area contributed by atoms with Crippen molar-refractivity contribution in [2.24, 2.45) is 0 Å². The van der Waals surface area contributed by atoms with Crippen LogP contribution in [0.25, 0.3) is 0 Å². The van der Waals surface area contributed by atoms with Crippen molar-refractivity contribution in [3.8, 4) is 5.75 Å². The van der Waals surface area contributed by atoms with Crippen LogP contribution in [0.3, 0.4) is 0 Å². The Kier molecular flexibility index (Phi) is 6.18. The quantitative estimate of drug-likeness (QED) is 0.339. The van der Waals surface area contributed by atoms with Gasteiger partial charge >= 0.3 is 6.18 Å². The predicted octanol–water partition coefficient (Wildman–Crippen LogP) is 4.68. The highest BCUT2D eigenvalue weighted by molar-refractivity contribution is 6.04. The lowest BCUT2D eigenvalue weighted by molar-refractivity contribution is -0.153. The predicted molar refractivity (Wildman–Crippen MR) is 93.5 cm³/mol. The molecule has 0 aliphatic heterocycles. The van der Waals surface area contributed by atoms with E-state index in [4.69, 9.17) is 0 Å². The molecule has 1 N–H and O–H groups in total. The maximum atomic E-state index is 13.8. The zero-order valence-corrected chi connectivity index (χ0v) is 15.3. The minimum absolute atomic E-state index is 0.0230. The first-order chi connectivity index (χ1) is 14.5. The van der Waals surface area contributed by atoms with E-state index in [-0.39, 0.29) is 23.1 Å². The number of hydrogen-bond acceptors (Lipinski definition) is 3. The average molecular weight is 447 g/mol. The molecule has 1 heterocycles. The molecule has 1 aromatic heterocycles. The van der Waals surface area contributed by atoms with Gasteiger partial charge in [-0.25, -0.2) is 17.6 Å². The number of halogens is 7. The van der Waals surface area contributed by atoms with E-state index in [0.717, 1.165) is 16.9 Å². The Morgan fingerprint density at radius 1 is 1.06 bits per heavy atom. The summed E-state index contributed by atoms with van der Waals surface area (Å²) in [4.78, 5) is 12.3. The molecular weight excluding hydrogens is 435 g/mol. The Morgan fingerprint density at radius 2 is 1.81 bits per heavy atom. The van der Waals surface area contributed by atoms with E-state index in [2.05, 4.69) is 15.2 Å². The Morgan fingerprint density at radius 3 is 2.52 bits per heavy atom. The van der Waals surface area contributed by atoms with Crippen LogP contribution in [0.5, 0.6) is 5.75 Å². The summed E-state index contributed by atoms with van der Waals surface area (Å²) in [6, 6.07) is 5.18. The van der Waals surface area contributed by atoms with Gasteiger partial charge in [-0.3, -0.25) is 9.48 Å². The average Bonchev–Trinajstić information content (AvgIpc) is 3.14. The van der Waals surface area contributed by atoms with Crippen LogP contribution in [-0.2, 0) is 6.54 Å². The van der Waals surface area contributed by atoms with Gasteiger partial charge in [-0.15, -0.1) is 0 Å². The number of aromatic nitrogens is 2. The van der Waals surface area contributed by atoms with E-state index < -0.39 is 54.1 Å². The summed E-state index contributed by atoms with van der Waals surface area (Å²) in [5, 5.41) is 6.16. The molecule has 0 fully saturated rings. The fourth-order valence-electron chi connectivity index (χ4n) is 2.52. The topological polar surface area (TPSA) is 56.2 Å². The molecule has 3 aromatic rings. The first-order valence-corrected chi connectivity index (χ1v) is 8.49. The fraction of sp³-hybridized carbons (Fsp3) is 0.158. The monoisotopic (exact) mass is 447 g/mol. The summed E-state index contributed by atoms with van der Waals surface area (Å²) >= 11 is 0. The van der Waals surface area contributed by atoms with Crippen molar-refractivity contribution >= 4 is 11.6 Å². The maximum Gasteiger partial charge on any atom is 0.422 e. The molecular formula is C19H12F7N3O2. The summed E-state index contributed by atoms with van der Waals surface area (Å²) in [5.74, 6) is -7.41. The summed E-state index contributed by atoms with van der Waals surface area (Å²) in [5.41, 5.74) is -0.713. The van der Waals surface area contributed by atoms with Crippen LogP contribution in [0.1, 0.15) is 15.9 Å². The molecule has 2 aromatic carbocycles. The van der Waals surface area contributed by atoms with Crippen molar-refractivity contribution in [1.29, 1.82) is 0 Å². The van der Waals surface area contributed by atoms with Gasteiger partial charge in [0, 0.05) is 23.4 Å². The molecule has 12 heteroatoms. The highest BCUT2D eigenvalue weighted by Crippen LogP contribution is 2.22. The van der Waals surface area contributed by atoms with E-state index >= 15 is 0 Å². The van der Waals surface area contributed by atoms with Crippen molar-refractivity contribution in [2.45, 2.75) is 12.7 Å². The standard InChI is InChI=1S/C19H12F7N3O2/c20-14-5-15(21)17(23)16(22)13(14)8-29-7-11(6-27-29)28-18(30)10-2-1-3-12(4-10)31-9-19(24,25)26/h1-7H,8-9H2,(H,28,30). The van der Waals surface area contributed by atoms with Gasteiger partial charge in [0.15, 0.2) is 24.1 Å². The van der Waals surface area contributed by atoms with Gasteiger partial charge in [-0.2, -0.15) is 18.3 Å².